The van der Waals surface area contributed by atoms with E-state index in [1.807, 2.05) is 12.3 Å². The van der Waals surface area contributed by atoms with E-state index in [0.717, 1.165) is 10.7 Å². The Morgan fingerprint density at radius 3 is 2.95 bits per heavy atom. The lowest BCUT2D eigenvalue weighted by molar-refractivity contribution is 0.423. The molecule has 0 radical (unpaired) electrons. The number of rotatable bonds is 3. The zero-order valence-electron chi connectivity index (χ0n) is 10.1. The highest BCUT2D eigenvalue weighted by Gasteiger charge is 2.11. The smallest absolute Gasteiger partial charge is 0.259 e. The standard InChI is InChI=1S/C12H10N4O2S/c1-7-6-19-11(14-7)3-10-15-12(18-16-10)8-2-9(17)5-13-4-8/h2,4-6,17H,3H2,1H3. The Morgan fingerprint density at radius 2 is 2.21 bits per heavy atom. The third-order valence-electron chi connectivity index (χ3n) is 2.41. The Hall–Kier alpha value is -2.28. The zero-order chi connectivity index (χ0) is 13.2. The molecule has 6 nitrogen and oxygen atoms in total. The average Bonchev–Trinajstić information content (AvgIpc) is 2.99. The number of aromatic hydroxyl groups is 1. The Kier molecular flexibility index (Phi) is 2.96. The van der Waals surface area contributed by atoms with E-state index in [2.05, 4.69) is 20.1 Å². The second-order valence-electron chi connectivity index (χ2n) is 4.01. The predicted molar refractivity (Wildman–Crippen MR) is 68.9 cm³/mol. The van der Waals surface area contributed by atoms with Gasteiger partial charge < -0.3 is 9.63 Å². The first-order chi connectivity index (χ1) is 9.20. The van der Waals surface area contributed by atoms with E-state index in [9.17, 15) is 5.11 Å². The largest absolute Gasteiger partial charge is 0.506 e. The van der Waals surface area contributed by atoms with Crippen molar-refractivity contribution in [2.45, 2.75) is 13.3 Å². The fourth-order valence-electron chi connectivity index (χ4n) is 1.61. The molecule has 0 saturated carbocycles. The molecule has 0 fully saturated rings. The van der Waals surface area contributed by atoms with Gasteiger partial charge in [0.1, 0.15) is 10.8 Å². The molecule has 3 rings (SSSR count). The van der Waals surface area contributed by atoms with Crippen LogP contribution in [0.3, 0.4) is 0 Å². The maximum atomic E-state index is 9.36. The van der Waals surface area contributed by atoms with Crippen LogP contribution in [0.5, 0.6) is 5.75 Å². The molecule has 0 spiro atoms. The van der Waals surface area contributed by atoms with Gasteiger partial charge in [-0.2, -0.15) is 4.98 Å². The topological polar surface area (TPSA) is 84.9 Å². The maximum absolute atomic E-state index is 9.36. The van der Waals surface area contributed by atoms with Crippen LogP contribution >= 0.6 is 11.3 Å². The van der Waals surface area contributed by atoms with E-state index in [0.29, 0.717) is 23.7 Å². The molecule has 3 aromatic rings. The van der Waals surface area contributed by atoms with Crippen molar-refractivity contribution in [3.05, 3.63) is 40.4 Å². The van der Waals surface area contributed by atoms with Crippen LogP contribution in [0.4, 0.5) is 0 Å². The summed E-state index contributed by atoms with van der Waals surface area (Å²) in [6.45, 7) is 1.94. The van der Waals surface area contributed by atoms with Crippen molar-refractivity contribution in [1.82, 2.24) is 20.1 Å². The summed E-state index contributed by atoms with van der Waals surface area (Å²) in [4.78, 5) is 12.5. The quantitative estimate of drug-likeness (QED) is 0.788. The van der Waals surface area contributed by atoms with E-state index in [1.54, 1.807) is 17.5 Å². The van der Waals surface area contributed by atoms with Crippen molar-refractivity contribution in [2.24, 2.45) is 0 Å². The molecule has 3 heterocycles. The van der Waals surface area contributed by atoms with Gasteiger partial charge in [0.15, 0.2) is 5.82 Å². The molecular formula is C12H10N4O2S. The van der Waals surface area contributed by atoms with Gasteiger partial charge in [0.05, 0.1) is 18.2 Å². The molecule has 19 heavy (non-hydrogen) atoms. The van der Waals surface area contributed by atoms with Gasteiger partial charge in [0.25, 0.3) is 5.89 Å². The SMILES string of the molecule is Cc1csc(Cc2noc(-c3cncc(O)c3)n2)n1. The Balaban J connectivity index is 1.83. The lowest BCUT2D eigenvalue weighted by atomic mass is 10.3. The van der Waals surface area contributed by atoms with Crippen molar-refractivity contribution in [3.8, 4) is 17.2 Å². The first-order valence-corrected chi connectivity index (χ1v) is 6.46. The maximum Gasteiger partial charge on any atom is 0.259 e. The lowest BCUT2D eigenvalue weighted by Gasteiger charge is -1.93. The molecule has 0 saturated heterocycles. The first kappa shape index (κ1) is 11.8. The molecule has 3 aromatic heterocycles. The fourth-order valence-corrected chi connectivity index (χ4v) is 2.38. The van der Waals surface area contributed by atoms with E-state index >= 15 is 0 Å². The van der Waals surface area contributed by atoms with Crippen molar-refractivity contribution in [2.75, 3.05) is 0 Å². The van der Waals surface area contributed by atoms with Crippen molar-refractivity contribution < 1.29 is 9.63 Å². The number of aryl methyl sites for hydroxylation is 1. The normalized spacial score (nSPS) is 10.8. The molecule has 0 aliphatic heterocycles. The third-order valence-corrected chi connectivity index (χ3v) is 3.38. The molecule has 0 amide bonds. The number of nitrogens with zero attached hydrogens (tertiary/aromatic N) is 4. The van der Waals surface area contributed by atoms with Crippen molar-refractivity contribution in [3.63, 3.8) is 0 Å². The Labute approximate surface area is 112 Å². The van der Waals surface area contributed by atoms with Crippen molar-refractivity contribution >= 4 is 11.3 Å². The van der Waals surface area contributed by atoms with Crippen LogP contribution in [0.2, 0.25) is 0 Å². The lowest BCUT2D eigenvalue weighted by Crippen LogP contribution is -1.90. The highest BCUT2D eigenvalue weighted by Crippen LogP contribution is 2.21. The molecule has 0 bridgehead atoms. The second-order valence-corrected chi connectivity index (χ2v) is 4.95. The van der Waals surface area contributed by atoms with Crippen LogP contribution in [-0.4, -0.2) is 25.2 Å². The van der Waals surface area contributed by atoms with Gasteiger partial charge in [-0.25, -0.2) is 4.98 Å². The fraction of sp³-hybridized carbons (Fsp3) is 0.167. The number of hydrogen-bond donors (Lipinski definition) is 1. The summed E-state index contributed by atoms with van der Waals surface area (Å²) in [5.74, 6) is 0.965. The minimum Gasteiger partial charge on any atom is -0.506 e. The van der Waals surface area contributed by atoms with Gasteiger partial charge in [-0.3, -0.25) is 4.98 Å². The molecule has 0 atom stereocenters. The van der Waals surface area contributed by atoms with E-state index in [1.165, 1.54) is 12.3 Å². The van der Waals surface area contributed by atoms with Gasteiger partial charge in [-0.05, 0) is 13.0 Å². The minimum atomic E-state index is 0.0628. The summed E-state index contributed by atoms with van der Waals surface area (Å²) < 4.78 is 5.15. The Bertz CT molecular complexity index is 707. The number of aromatic nitrogens is 4. The summed E-state index contributed by atoms with van der Waals surface area (Å²) in [7, 11) is 0. The van der Waals surface area contributed by atoms with Gasteiger partial charge in [0.2, 0.25) is 0 Å². The van der Waals surface area contributed by atoms with E-state index < -0.39 is 0 Å². The van der Waals surface area contributed by atoms with Crippen LogP contribution in [0, 0.1) is 6.92 Å². The first-order valence-electron chi connectivity index (χ1n) is 5.59. The van der Waals surface area contributed by atoms with E-state index in [4.69, 9.17) is 4.52 Å². The number of pyridine rings is 1. The molecular weight excluding hydrogens is 264 g/mol. The molecule has 0 aliphatic rings. The molecule has 0 aliphatic carbocycles. The highest BCUT2D eigenvalue weighted by molar-refractivity contribution is 7.09. The molecule has 1 N–H and O–H groups in total. The van der Waals surface area contributed by atoms with Crippen LogP contribution in [0.25, 0.3) is 11.5 Å². The predicted octanol–water partition coefficient (Wildman–Crippen LogP) is 2.19. The van der Waals surface area contributed by atoms with Crippen molar-refractivity contribution in [1.29, 1.82) is 0 Å². The van der Waals surface area contributed by atoms with Gasteiger partial charge in [-0.1, -0.05) is 5.16 Å². The molecule has 96 valence electrons. The number of hydrogen-bond acceptors (Lipinski definition) is 7. The molecule has 0 aromatic carbocycles. The summed E-state index contributed by atoms with van der Waals surface area (Å²) >= 11 is 1.57. The molecule has 0 unspecified atom stereocenters. The number of thiazole rings is 1. The van der Waals surface area contributed by atoms with Gasteiger partial charge in [0, 0.05) is 17.3 Å². The molecule has 7 heteroatoms. The van der Waals surface area contributed by atoms with Crippen LogP contribution in [-0.2, 0) is 6.42 Å². The van der Waals surface area contributed by atoms with Crippen LogP contribution in [0.1, 0.15) is 16.5 Å². The van der Waals surface area contributed by atoms with E-state index in [-0.39, 0.29) is 5.75 Å². The van der Waals surface area contributed by atoms with Crippen LogP contribution < -0.4 is 0 Å². The summed E-state index contributed by atoms with van der Waals surface area (Å²) in [6.07, 6.45) is 3.44. The Morgan fingerprint density at radius 1 is 1.32 bits per heavy atom. The summed E-state index contributed by atoms with van der Waals surface area (Å²) in [5, 5.41) is 16.2. The van der Waals surface area contributed by atoms with Crippen LogP contribution in [0.15, 0.2) is 28.4 Å². The highest BCUT2D eigenvalue weighted by atomic mass is 32.1. The second kappa shape index (κ2) is 4.77. The monoisotopic (exact) mass is 274 g/mol. The third kappa shape index (κ3) is 2.60. The summed E-state index contributed by atoms with van der Waals surface area (Å²) in [5.41, 5.74) is 1.58. The average molecular weight is 274 g/mol. The summed E-state index contributed by atoms with van der Waals surface area (Å²) in [6, 6.07) is 1.53. The zero-order valence-corrected chi connectivity index (χ0v) is 10.9. The van der Waals surface area contributed by atoms with Gasteiger partial charge >= 0.3 is 0 Å². The van der Waals surface area contributed by atoms with Gasteiger partial charge in [-0.15, -0.1) is 11.3 Å². The minimum absolute atomic E-state index is 0.0628.